The van der Waals surface area contributed by atoms with Gasteiger partial charge in [-0.2, -0.15) is 0 Å². The van der Waals surface area contributed by atoms with Crippen LogP contribution >= 0.6 is 0 Å². The Labute approximate surface area is 135 Å². The Bertz CT molecular complexity index is 1250. The number of para-hydroxylation sites is 3. The first-order valence-corrected chi connectivity index (χ1v) is 7.56. The minimum atomic E-state index is -0.394. The van der Waals surface area contributed by atoms with Gasteiger partial charge in [0.05, 0.1) is 21.9 Å². The van der Waals surface area contributed by atoms with Crippen molar-refractivity contribution in [3.05, 3.63) is 71.2 Å². The van der Waals surface area contributed by atoms with E-state index in [1.54, 1.807) is 18.3 Å². The van der Waals surface area contributed by atoms with Gasteiger partial charge < -0.3 is 9.40 Å². The molecule has 0 aliphatic carbocycles. The summed E-state index contributed by atoms with van der Waals surface area (Å²) in [7, 11) is 0. The van der Waals surface area contributed by atoms with E-state index in [1.165, 1.54) is 0 Å². The van der Waals surface area contributed by atoms with Gasteiger partial charge in [-0.1, -0.05) is 24.3 Å². The highest BCUT2D eigenvalue weighted by Gasteiger charge is 2.11. The summed E-state index contributed by atoms with van der Waals surface area (Å²) >= 11 is 0. The number of benzene rings is 2. The van der Waals surface area contributed by atoms with Crippen LogP contribution in [0.1, 0.15) is 0 Å². The van der Waals surface area contributed by atoms with E-state index in [1.807, 2.05) is 42.5 Å². The average molecular weight is 313 g/mol. The van der Waals surface area contributed by atoms with Crippen molar-refractivity contribution in [2.45, 2.75) is 0 Å². The van der Waals surface area contributed by atoms with Crippen LogP contribution in [0.3, 0.4) is 0 Å². The second-order valence-corrected chi connectivity index (χ2v) is 5.61. The third kappa shape index (κ3) is 1.85. The van der Waals surface area contributed by atoms with Gasteiger partial charge in [0.25, 0.3) is 0 Å². The van der Waals surface area contributed by atoms with E-state index in [4.69, 9.17) is 4.42 Å². The minimum absolute atomic E-state index is 0.394. The number of fused-ring (bicyclic) bond motifs is 4. The molecule has 1 N–H and O–H groups in total. The molecule has 5 aromatic rings. The van der Waals surface area contributed by atoms with Gasteiger partial charge in [-0.25, -0.2) is 9.78 Å². The van der Waals surface area contributed by atoms with Gasteiger partial charge in [0.2, 0.25) is 0 Å². The van der Waals surface area contributed by atoms with Crippen molar-refractivity contribution in [1.29, 1.82) is 0 Å². The van der Waals surface area contributed by atoms with E-state index >= 15 is 0 Å². The number of nitrogens with zero attached hydrogens (tertiary/aromatic N) is 2. The van der Waals surface area contributed by atoms with Crippen LogP contribution in [0.2, 0.25) is 0 Å². The van der Waals surface area contributed by atoms with Crippen LogP contribution in [0, 0.1) is 0 Å². The van der Waals surface area contributed by atoms with Crippen molar-refractivity contribution in [3.63, 3.8) is 0 Å². The molecule has 5 heteroatoms. The molecule has 0 atom stereocenters. The van der Waals surface area contributed by atoms with Crippen molar-refractivity contribution in [1.82, 2.24) is 15.0 Å². The average Bonchev–Trinajstić information content (AvgIpc) is 3.06. The summed E-state index contributed by atoms with van der Waals surface area (Å²) in [6.07, 6.45) is 1.73. The fraction of sp³-hybridized carbons (Fsp3) is 0. The molecule has 0 unspecified atom stereocenters. The minimum Gasteiger partial charge on any atom is -0.422 e. The first kappa shape index (κ1) is 13.0. The highest BCUT2D eigenvalue weighted by molar-refractivity contribution is 6.02. The van der Waals surface area contributed by atoms with E-state index < -0.39 is 5.63 Å². The molecule has 0 aliphatic rings. The highest BCUT2D eigenvalue weighted by atomic mass is 16.4. The summed E-state index contributed by atoms with van der Waals surface area (Å²) in [5.41, 5.74) is 3.35. The SMILES string of the molecule is O=c1oc2ccccc2c2ncc(-c3nc4ccccc4[nH]3)cc12. The molecule has 0 amide bonds. The van der Waals surface area contributed by atoms with Crippen LogP contribution in [-0.2, 0) is 0 Å². The summed E-state index contributed by atoms with van der Waals surface area (Å²) in [4.78, 5) is 24.6. The van der Waals surface area contributed by atoms with Gasteiger partial charge in [-0.05, 0) is 30.3 Å². The van der Waals surface area contributed by atoms with E-state index in [9.17, 15) is 4.79 Å². The molecule has 24 heavy (non-hydrogen) atoms. The highest BCUT2D eigenvalue weighted by Crippen LogP contribution is 2.25. The first-order chi connectivity index (χ1) is 11.8. The lowest BCUT2D eigenvalue weighted by molar-refractivity contribution is 0.569. The number of pyridine rings is 1. The second-order valence-electron chi connectivity index (χ2n) is 5.61. The number of imidazole rings is 1. The van der Waals surface area contributed by atoms with Crippen LogP contribution in [0.15, 0.2) is 70.0 Å². The predicted octanol–water partition coefficient (Wildman–Crippen LogP) is 3.88. The molecule has 0 saturated carbocycles. The van der Waals surface area contributed by atoms with Crippen LogP contribution in [0.4, 0.5) is 0 Å². The zero-order valence-electron chi connectivity index (χ0n) is 12.5. The Hall–Kier alpha value is -3.47. The number of hydrogen-bond donors (Lipinski definition) is 1. The lowest BCUT2D eigenvalue weighted by Gasteiger charge is -2.03. The standard InChI is InChI=1S/C19H11N3O2/c23-19-13-9-11(18-21-14-6-2-3-7-15(14)22-18)10-20-17(13)12-5-1-4-8-16(12)24-19/h1-10H,(H,21,22). The molecule has 0 fully saturated rings. The van der Waals surface area contributed by atoms with Crippen molar-refractivity contribution < 1.29 is 4.42 Å². The predicted molar refractivity (Wildman–Crippen MR) is 92.9 cm³/mol. The summed E-state index contributed by atoms with van der Waals surface area (Å²) in [6, 6.07) is 17.0. The van der Waals surface area contributed by atoms with E-state index in [0.717, 1.165) is 22.0 Å². The Morgan fingerprint density at radius 2 is 1.79 bits per heavy atom. The Kier molecular flexibility index (Phi) is 2.58. The summed E-state index contributed by atoms with van der Waals surface area (Å²) in [5, 5.41) is 1.27. The lowest BCUT2D eigenvalue weighted by atomic mass is 10.1. The van der Waals surface area contributed by atoms with Gasteiger partial charge >= 0.3 is 5.63 Å². The molecule has 0 saturated heterocycles. The third-order valence-electron chi connectivity index (χ3n) is 4.12. The van der Waals surface area contributed by atoms with E-state index in [-0.39, 0.29) is 0 Å². The van der Waals surface area contributed by atoms with Gasteiger partial charge in [0.15, 0.2) is 0 Å². The monoisotopic (exact) mass is 313 g/mol. The molecule has 0 aliphatic heterocycles. The fourth-order valence-electron chi connectivity index (χ4n) is 2.96. The quantitative estimate of drug-likeness (QED) is 0.376. The number of aromatic amines is 1. The number of nitrogens with one attached hydrogen (secondary N) is 1. The fourth-order valence-corrected chi connectivity index (χ4v) is 2.96. The lowest BCUT2D eigenvalue weighted by Crippen LogP contribution is -2.01. The van der Waals surface area contributed by atoms with Gasteiger partial charge in [0, 0.05) is 17.1 Å². The van der Waals surface area contributed by atoms with Crippen LogP contribution in [0.25, 0.3) is 44.3 Å². The smallest absolute Gasteiger partial charge is 0.345 e. The van der Waals surface area contributed by atoms with Crippen molar-refractivity contribution >= 4 is 32.9 Å². The molecule has 3 aromatic heterocycles. The Morgan fingerprint density at radius 1 is 0.958 bits per heavy atom. The van der Waals surface area contributed by atoms with Crippen molar-refractivity contribution in [3.8, 4) is 11.4 Å². The molecule has 0 spiro atoms. The molecule has 0 radical (unpaired) electrons. The normalized spacial score (nSPS) is 11.5. The summed E-state index contributed by atoms with van der Waals surface area (Å²) in [5.74, 6) is 0.679. The van der Waals surface area contributed by atoms with E-state index in [0.29, 0.717) is 22.3 Å². The Morgan fingerprint density at radius 3 is 2.71 bits per heavy atom. The molecular weight excluding hydrogens is 302 g/mol. The van der Waals surface area contributed by atoms with Crippen LogP contribution in [-0.4, -0.2) is 15.0 Å². The largest absolute Gasteiger partial charge is 0.422 e. The van der Waals surface area contributed by atoms with Gasteiger partial charge in [0.1, 0.15) is 11.4 Å². The number of aromatic nitrogens is 3. The van der Waals surface area contributed by atoms with E-state index in [2.05, 4.69) is 15.0 Å². The zero-order valence-corrected chi connectivity index (χ0v) is 12.5. The zero-order chi connectivity index (χ0) is 16.1. The summed E-state index contributed by atoms with van der Waals surface area (Å²) in [6.45, 7) is 0. The number of hydrogen-bond acceptors (Lipinski definition) is 4. The molecule has 2 aromatic carbocycles. The molecule has 5 rings (SSSR count). The van der Waals surface area contributed by atoms with Crippen molar-refractivity contribution in [2.75, 3.05) is 0 Å². The van der Waals surface area contributed by atoms with Crippen LogP contribution in [0.5, 0.6) is 0 Å². The molecule has 3 heterocycles. The maximum absolute atomic E-state index is 12.3. The summed E-state index contributed by atoms with van der Waals surface area (Å²) < 4.78 is 5.40. The second kappa shape index (κ2) is 4.76. The third-order valence-corrected chi connectivity index (χ3v) is 4.12. The number of H-pyrrole nitrogens is 1. The number of rotatable bonds is 1. The van der Waals surface area contributed by atoms with Gasteiger partial charge in [-0.3, -0.25) is 4.98 Å². The molecule has 0 bridgehead atoms. The van der Waals surface area contributed by atoms with Crippen molar-refractivity contribution in [2.24, 2.45) is 0 Å². The maximum atomic E-state index is 12.3. The topological polar surface area (TPSA) is 71.8 Å². The molecule has 114 valence electrons. The maximum Gasteiger partial charge on any atom is 0.345 e. The first-order valence-electron chi connectivity index (χ1n) is 7.56. The molecular formula is C19H11N3O2. The van der Waals surface area contributed by atoms with Crippen LogP contribution < -0.4 is 5.63 Å². The molecule has 5 nitrogen and oxygen atoms in total. The Balaban J connectivity index is 1.80. The van der Waals surface area contributed by atoms with Gasteiger partial charge in [-0.15, -0.1) is 0 Å².